The molecule has 0 fully saturated rings. The third kappa shape index (κ3) is 5.58. The highest BCUT2D eigenvalue weighted by molar-refractivity contribution is 5.70. The molecule has 82 valence electrons. The van der Waals surface area contributed by atoms with Crippen LogP contribution >= 0.6 is 0 Å². The summed E-state index contributed by atoms with van der Waals surface area (Å²) in [4.78, 5) is 20.7. The first-order valence-electron chi connectivity index (χ1n) is 4.10. The Morgan fingerprint density at radius 3 is 2.57 bits per heavy atom. The molecule has 0 aliphatic rings. The summed E-state index contributed by atoms with van der Waals surface area (Å²) in [5, 5.41) is 0. The number of aldehydes is 1. The number of alkyl halides is 2. The fourth-order valence-corrected chi connectivity index (χ4v) is 0.768. The largest absolute Gasteiger partial charge is 0.466 e. The summed E-state index contributed by atoms with van der Waals surface area (Å²) in [6, 6.07) is 0. The lowest BCUT2D eigenvalue weighted by Gasteiger charge is -2.14. The quantitative estimate of drug-likeness (QED) is 0.460. The van der Waals surface area contributed by atoms with E-state index in [0.29, 0.717) is 6.29 Å². The normalized spacial score (nSPS) is 12.6. The first kappa shape index (κ1) is 13.0. The topological polar surface area (TPSA) is 52.6 Å². The maximum atomic E-state index is 12.2. The van der Waals surface area contributed by atoms with E-state index in [2.05, 4.69) is 9.47 Å². The number of esters is 1. The summed E-state index contributed by atoms with van der Waals surface area (Å²) in [5.41, 5.74) is 0. The zero-order chi connectivity index (χ0) is 11.0. The maximum Gasteiger partial charge on any atom is 0.308 e. The van der Waals surface area contributed by atoms with E-state index < -0.39 is 31.5 Å². The summed E-state index contributed by atoms with van der Waals surface area (Å²) in [5.74, 6) is -0.760. The fraction of sp³-hybridized carbons (Fsp3) is 0.750. The van der Waals surface area contributed by atoms with Crippen LogP contribution in [0.25, 0.3) is 0 Å². The van der Waals surface area contributed by atoms with Crippen LogP contribution in [0.4, 0.5) is 8.78 Å². The summed E-state index contributed by atoms with van der Waals surface area (Å²) < 4.78 is 33.3. The van der Waals surface area contributed by atoms with Crippen molar-refractivity contribution in [3.8, 4) is 0 Å². The highest BCUT2D eigenvalue weighted by Gasteiger charge is 2.24. The van der Waals surface area contributed by atoms with Crippen LogP contribution in [0.1, 0.15) is 13.3 Å². The molecule has 0 bridgehead atoms. The molecule has 0 amide bonds. The second-order valence-electron chi connectivity index (χ2n) is 2.38. The predicted octanol–water partition coefficient (Wildman–Crippen LogP) is 0.789. The van der Waals surface area contributed by atoms with E-state index in [0.717, 1.165) is 0 Å². The molecule has 0 aliphatic heterocycles. The van der Waals surface area contributed by atoms with Crippen molar-refractivity contribution in [2.75, 3.05) is 13.2 Å². The Labute approximate surface area is 80.2 Å². The van der Waals surface area contributed by atoms with E-state index in [4.69, 9.17) is 0 Å². The highest BCUT2D eigenvalue weighted by atomic mass is 19.3. The Hall–Kier alpha value is -1.04. The van der Waals surface area contributed by atoms with Gasteiger partial charge in [0.25, 0.3) is 6.43 Å². The van der Waals surface area contributed by atoms with Crippen LogP contribution in [0.3, 0.4) is 0 Å². The van der Waals surface area contributed by atoms with Crippen LogP contribution < -0.4 is 0 Å². The minimum absolute atomic E-state index is 0.127. The summed E-state index contributed by atoms with van der Waals surface area (Å²) >= 11 is 0. The second kappa shape index (κ2) is 7.37. The lowest BCUT2D eigenvalue weighted by atomic mass is 10.2. The van der Waals surface area contributed by atoms with Gasteiger partial charge in [-0.3, -0.25) is 4.79 Å². The Bertz CT molecular complexity index is 184. The van der Waals surface area contributed by atoms with Crippen LogP contribution in [0.5, 0.6) is 0 Å². The Morgan fingerprint density at radius 2 is 2.14 bits per heavy atom. The van der Waals surface area contributed by atoms with Gasteiger partial charge in [-0.2, -0.15) is 0 Å². The monoisotopic (exact) mass is 210 g/mol. The van der Waals surface area contributed by atoms with Gasteiger partial charge in [0.15, 0.2) is 0 Å². The number of rotatable bonds is 7. The SMILES string of the molecule is CCOC(=O)CC(OCC=O)C(F)F. The zero-order valence-electron chi connectivity index (χ0n) is 7.74. The van der Waals surface area contributed by atoms with E-state index in [1.807, 2.05) is 0 Å². The molecule has 0 N–H and O–H groups in total. The van der Waals surface area contributed by atoms with Gasteiger partial charge in [-0.1, -0.05) is 0 Å². The molecule has 1 unspecified atom stereocenters. The van der Waals surface area contributed by atoms with Gasteiger partial charge in [0.05, 0.1) is 13.0 Å². The van der Waals surface area contributed by atoms with E-state index in [1.165, 1.54) is 0 Å². The molecule has 0 rings (SSSR count). The number of carbonyl (C=O) groups excluding carboxylic acids is 2. The van der Waals surface area contributed by atoms with Crippen molar-refractivity contribution in [1.29, 1.82) is 0 Å². The molecule has 1 atom stereocenters. The molecule has 0 aromatic heterocycles. The standard InChI is InChI=1S/C8H12F2O4/c1-2-13-7(12)5-6(8(9)10)14-4-3-11/h3,6,8H,2,4-5H2,1H3. The third-order valence-corrected chi connectivity index (χ3v) is 1.33. The molecule has 4 nitrogen and oxygen atoms in total. The van der Waals surface area contributed by atoms with Crippen molar-refractivity contribution in [3.05, 3.63) is 0 Å². The molecular formula is C8H12F2O4. The fourth-order valence-electron chi connectivity index (χ4n) is 0.768. The minimum Gasteiger partial charge on any atom is -0.466 e. The molecule has 0 heterocycles. The Balaban J connectivity index is 3.95. The minimum atomic E-state index is -2.81. The van der Waals surface area contributed by atoms with Crippen molar-refractivity contribution >= 4 is 12.3 Å². The second-order valence-corrected chi connectivity index (χ2v) is 2.38. The molecular weight excluding hydrogens is 198 g/mol. The van der Waals surface area contributed by atoms with E-state index in [-0.39, 0.29) is 6.61 Å². The van der Waals surface area contributed by atoms with Gasteiger partial charge in [-0.25, -0.2) is 8.78 Å². The molecule has 0 saturated heterocycles. The lowest BCUT2D eigenvalue weighted by molar-refractivity contribution is -0.151. The van der Waals surface area contributed by atoms with Crippen LogP contribution in [0.15, 0.2) is 0 Å². The zero-order valence-corrected chi connectivity index (χ0v) is 7.74. The van der Waals surface area contributed by atoms with Crippen molar-refractivity contribution < 1.29 is 27.8 Å². The van der Waals surface area contributed by atoms with Crippen molar-refractivity contribution in [3.63, 3.8) is 0 Å². The molecule has 0 saturated carbocycles. The van der Waals surface area contributed by atoms with E-state index >= 15 is 0 Å². The van der Waals surface area contributed by atoms with Gasteiger partial charge < -0.3 is 14.3 Å². The Morgan fingerprint density at radius 1 is 1.50 bits per heavy atom. The number of hydrogen-bond acceptors (Lipinski definition) is 4. The summed E-state index contributed by atoms with van der Waals surface area (Å²) in [6.45, 7) is 1.25. The highest BCUT2D eigenvalue weighted by Crippen LogP contribution is 2.10. The average molecular weight is 210 g/mol. The molecule has 0 aromatic carbocycles. The first-order chi connectivity index (χ1) is 6.61. The van der Waals surface area contributed by atoms with Crippen LogP contribution in [-0.2, 0) is 19.1 Å². The number of ether oxygens (including phenoxy) is 2. The molecule has 0 radical (unpaired) electrons. The molecule has 6 heteroatoms. The molecule has 0 aromatic rings. The van der Waals surface area contributed by atoms with E-state index in [9.17, 15) is 18.4 Å². The van der Waals surface area contributed by atoms with Gasteiger partial charge in [-0.05, 0) is 6.92 Å². The summed E-state index contributed by atoms with van der Waals surface area (Å²) in [6.07, 6.45) is -4.57. The third-order valence-electron chi connectivity index (χ3n) is 1.33. The van der Waals surface area contributed by atoms with Gasteiger partial charge in [0.1, 0.15) is 19.0 Å². The maximum absolute atomic E-state index is 12.2. The molecule has 0 spiro atoms. The smallest absolute Gasteiger partial charge is 0.308 e. The molecule has 0 aliphatic carbocycles. The Kier molecular flexibility index (Phi) is 6.82. The summed E-state index contributed by atoms with van der Waals surface area (Å²) in [7, 11) is 0. The lowest BCUT2D eigenvalue weighted by Crippen LogP contribution is -2.27. The van der Waals surface area contributed by atoms with Crippen molar-refractivity contribution in [1.82, 2.24) is 0 Å². The first-order valence-corrected chi connectivity index (χ1v) is 4.10. The van der Waals surface area contributed by atoms with Crippen LogP contribution in [0, 0.1) is 0 Å². The number of halogens is 2. The van der Waals surface area contributed by atoms with Crippen LogP contribution in [-0.4, -0.2) is 38.0 Å². The van der Waals surface area contributed by atoms with Gasteiger partial charge in [0.2, 0.25) is 0 Å². The number of hydrogen-bond donors (Lipinski definition) is 0. The average Bonchev–Trinajstić information content (AvgIpc) is 2.12. The molecule has 14 heavy (non-hydrogen) atoms. The van der Waals surface area contributed by atoms with E-state index in [1.54, 1.807) is 6.92 Å². The number of carbonyl (C=O) groups is 2. The van der Waals surface area contributed by atoms with Crippen LogP contribution in [0.2, 0.25) is 0 Å². The van der Waals surface area contributed by atoms with Gasteiger partial charge >= 0.3 is 5.97 Å². The van der Waals surface area contributed by atoms with Crippen molar-refractivity contribution in [2.24, 2.45) is 0 Å². The predicted molar refractivity (Wildman–Crippen MR) is 43.1 cm³/mol. The van der Waals surface area contributed by atoms with Gasteiger partial charge in [0, 0.05) is 0 Å². The van der Waals surface area contributed by atoms with Gasteiger partial charge in [-0.15, -0.1) is 0 Å². The van der Waals surface area contributed by atoms with Crippen molar-refractivity contribution in [2.45, 2.75) is 25.9 Å².